The highest BCUT2D eigenvalue weighted by molar-refractivity contribution is 7.13. The number of Topliss-reactive ketones (excluding diaryl/α,β-unsaturated/α-hetero) is 1. The molecule has 1 N–H and O–H groups in total. The van der Waals surface area contributed by atoms with Crippen LogP contribution in [0.3, 0.4) is 0 Å². The highest BCUT2D eigenvalue weighted by atomic mass is 32.1. The van der Waals surface area contributed by atoms with Gasteiger partial charge in [-0.15, -0.1) is 16.4 Å². The third kappa shape index (κ3) is 5.44. The monoisotopic (exact) mass is 474 g/mol. The average molecular weight is 475 g/mol. The van der Waals surface area contributed by atoms with E-state index < -0.39 is 12.6 Å². The number of esters is 1. The Balaban J connectivity index is 1.44. The first kappa shape index (κ1) is 23.1. The van der Waals surface area contributed by atoms with Crippen LogP contribution in [0.15, 0.2) is 72.1 Å². The van der Waals surface area contributed by atoms with Crippen molar-refractivity contribution in [2.45, 2.75) is 19.8 Å². The largest absolute Gasteiger partial charge is 0.451 e. The van der Waals surface area contributed by atoms with Crippen molar-refractivity contribution >= 4 is 34.7 Å². The molecule has 0 fully saturated rings. The summed E-state index contributed by atoms with van der Waals surface area (Å²) in [5.41, 5.74) is 1.71. The van der Waals surface area contributed by atoms with E-state index >= 15 is 0 Å². The minimum absolute atomic E-state index is 0.0835. The SMILES string of the molecule is CCCC(=O)Nc1ccc(C(=O)COC(=O)c2nc(-c3cccs3)n(-c3ccccc3)n2)cc1. The number of ketones is 1. The van der Waals surface area contributed by atoms with E-state index in [-0.39, 0.29) is 17.5 Å². The lowest BCUT2D eigenvalue weighted by Crippen LogP contribution is -2.16. The van der Waals surface area contributed by atoms with Crippen molar-refractivity contribution in [2.75, 3.05) is 11.9 Å². The van der Waals surface area contributed by atoms with E-state index in [0.29, 0.717) is 23.5 Å². The van der Waals surface area contributed by atoms with Gasteiger partial charge in [-0.05, 0) is 54.3 Å². The number of carbonyl (C=O) groups is 3. The van der Waals surface area contributed by atoms with Gasteiger partial charge in [-0.2, -0.15) is 4.98 Å². The van der Waals surface area contributed by atoms with Crippen molar-refractivity contribution in [3.63, 3.8) is 0 Å². The molecule has 34 heavy (non-hydrogen) atoms. The number of benzene rings is 2. The molecule has 0 unspecified atom stereocenters. The molecule has 0 bridgehead atoms. The molecule has 0 spiro atoms. The zero-order valence-electron chi connectivity index (χ0n) is 18.4. The molecular formula is C25H22N4O4S. The topological polar surface area (TPSA) is 103 Å². The molecule has 2 aromatic carbocycles. The van der Waals surface area contributed by atoms with Crippen molar-refractivity contribution in [1.29, 1.82) is 0 Å². The number of para-hydroxylation sites is 1. The van der Waals surface area contributed by atoms with Crippen LogP contribution < -0.4 is 5.32 Å². The third-order valence-electron chi connectivity index (χ3n) is 4.83. The van der Waals surface area contributed by atoms with Gasteiger partial charge in [0, 0.05) is 17.7 Å². The Labute approximate surface area is 200 Å². The summed E-state index contributed by atoms with van der Waals surface area (Å²) in [7, 11) is 0. The summed E-state index contributed by atoms with van der Waals surface area (Å²) < 4.78 is 6.78. The second-order valence-electron chi connectivity index (χ2n) is 7.36. The molecule has 0 atom stereocenters. The highest BCUT2D eigenvalue weighted by Gasteiger charge is 2.21. The Bertz CT molecular complexity index is 1280. The first-order chi connectivity index (χ1) is 16.5. The molecule has 4 aromatic rings. The number of amides is 1. The molecule has 8 nitrogen and oxygen atoms in total. The number of aromatic nitrogens is 3. The lowest BCUT2D eigenvalue weighted by Gasteiger charge is -2.06. The van der Waals surface area contributed by atoms with Crippen LogP contribution in [-0.2, 0) is 9.53 Å². The predicted molar refractivity (Wildman–Crippen MR) is 129 cm³/mol. The molecule has 9 heteroatoms. The number of hydrogen-bond donors (Lipinski definition) is 1. The Kier molecular flexibility index (Phi) is 7.24. The van der Waals surface area contributed by atoms with E-state index in [1.165, 1.54) is 11.3 Å². The fraction of sp³-hybridized carbons (Fsp3) is 0.160. The summed E-state index contributed by atoms with van der Waals surface area (Å²) in [5.74, 6) is -0.862. The Morgan fingerprint density at radius 2 is 1.76 bits per heavy atom. The minimum Gasteiger partial charge on any atom is -0.451 e. The summed E-state index contributed by atoms with van der Waals surface area (Å²) in [6.45, 7) is 1.47. The summed E-state index contributed by atoms with van der Waals surface area (Å²) in [6.07, 6.45) is 1.18. The molecule has 2 heterocycles. The van der Waals surface area contributed by atoms with E-state index in [2.05, 4.69) is 15.4 Å². The van der Waals surface area contributed by atoms with Gasteiger partial charge in [-0.25, -0.2) is 9.48 Å². The number of thiophene rings is 1. The Morgan fingerprint density at radius 3 is 2.44 bits per heavy atom. The van der Waals surface area contributed by atoms with E-state index in [0.717, 1.165) is 17.0 Å². The first-order valence-electron chi connectivity index (χ1n) is 10.7. The van der Waals surface area contributed by atoms with E-state index in [1.54, 1.807) is 28.9 Å². The lowest BCUT2D eigenvalue weighted by molar-refractivity contribution is -0.116. The van der Waals surface area contributed by atoms with E-state index in [1.807, 2.05) is 54.8 Å². The summed E-state index contributed by atoms with van der Waals surface area (Å²) in [5, 5.41) is 9.00. The van der Waals surface area contributed by atoms with E-state index in [9.17, 15) is 14.4 Å². The van der Waals surface area contributed by atoms with Crippen LogP contribution in [0.4, 0.5) is 5.69 Å². The maximum absolute atomic E-state index is 12.6. The second kappa shape index (κ2) is 10.7. The zero-order valence-corrected chi connectivity index (χ0v) is 19.2. The molecule has 0 aliphatic heterocycles. The second-order valence-corrected chi connectivity index (χ2v) is 8.31. The van der Waals surface area contributed by atoms with Gasteiger partial charge in [0.1, 0.15) is 0 Å². The van der Waals surface area contributed by atoms with Gasteiger partial charge in [0.05, 0.1) is 10.6 Å². The number of rotatable bonds is 9. The molecule has 0 radical (unpaired) electrons. The highest BCUT2D eigenvalue weighted by Crippen LogP contribution is 2.25. The molecule has 4 rings (SSSR count). The molecule has 0 aliphatic carbocycles. The maximum atomic E-state index is 12.6. The van der Waals surface area contributed by atoms with Crippen LogP contribution >= 0.6 is 11.3 Å². The van der Waals surface area contributed by atoms with Crippen LogP contribution in [0.2, 0.25) is 0 Å². The average Bonchev–Trinajstić information content (AvgIpc) is 3.54. The molecular weight excluding hydrogens is 452 g/mol. The van der Waals surface area contributed by atoms with Gasteiger partial charge < -0.3 is 10.1 Å². The van der Waals surface area contributed by atoms with Crippen molar-refractivity contribution < 1.29 is 19.1 Å². The van der Waals surface area contributed by atoms with Crippen LogP contribution in [0.25, 0.3) is 16.4 Å². The van der Waals surface area contributed by atoms with Gasteiger partial charge in [-0.3, -0.25) is 9.59 Å². The molecule has 1 amide bonds. The predicted octanol–water partition coefficient (Wildman–Crippen LogP) is 4.77. The number of carbonyl (C=O) groups excluding carboxylic acids is 3. The van der Waals surface area contributed by atoms with Crippen LogP contribution in [0, 0.1) is 0 Å². The Hall–Kier alpha value is -4.11. The van der Waals surface area contributed by atoms with Crippen LogP contribution in [-0.4, -0.2) is 39.0 Å². The normalized spacial score (nSPS) is 10.6. The molecule has 0 saturated carbocycles. The van der Waals surface area contributed by atoms with Crippen LogP contribution in [0.1, 0.15) is 40.7 Å². The van der Waals surface area contributed by atoms with E-state index in [4.69, 9.17) is 4.74 Å². The quantitative estimate of drug-likeness (QED) is 0.277. The maximum Gasteiger partial charge on any atom is 0.378 e. The molecule has 172 valence electrons. The van der Waals surface area contributed by atoms with Gasteiger partial charge in [-0.1, -0.05) is 31.2 Å². The third-order valence-corrected chi connectivity index (χ3v) is 5.70. The summed E-state index contributed by atoms with van der Waals surface area (Å²) in [4.78, 5) is 42.0. The summed E-state index contributed by atoms with van der Waals surface area (Å²) >= 11 is 1.48. The number of anilines is 1. The van der Waals surface area contributed by atoms with Gasteiger partial charge in [0.2, 0.25) is 5.91 Å². The molecule has 0 saturated heterocycles. The number of hydrogen-bond acceptors (Lipinski definition) is 7. The number of nitrogens with one attached hydrogen (secondary N) is 1. The fourth-order valence-electron chi connectivity index (χ4n) is 3.18. The molecule has 2 aromatic heterocycles. The van der Waals surface area contributed by atoms with Gasteiger partial charge in [0.15, 0.2) is 18.2 Å². The van der Waals surface area contributed by atoms with Gasteiger partial charge >= 0.3 is 5.97 Å². The zero-order chi connectivity index (χ0) is 23.9. The van der Waals surface area contributed by atoms with Crippen molar-refractivity contribution in [3.05, 3.63) is 83.5 Å². The minimum atomic E-state index is -0.788. The number of ether oxygens (including phenoxy) is 1. The van der Waals surface area contributed by atoms with Crippen LogP contribution in [0.5, 0.6) is 0 Å². The van der Waals surface area contributed by atoms with Crippen molar-refractivity contribution in [2.24, 2.45) is 0 Å². The fourth-order valence-corrected chi connectivity index (χ4v) is 3.88. The Morgan fingerprint density at radius 1 is 1.00 bits per heavy atom. The van der Waals surface area contributed by atoms with Gasteiger partial charge in [0.25, 0.3) is 5.82 Å². The molecule has 0 aliphatic rings. The van der Waals surface area contributed by atoms with Crippen molar-refractivity contribution in [3.8, 4) is 16.4 Å². The van der Waals surface area contributed by atoms with Crippen molar-refractivity contribution in [1.82, 2.24) is 14.8 Å². The lowest BCUT2D eigenvalue weighted by atomic mass is 10.1. The summed E-state index contributed by atoms with van der Waals surface area (Å²) in [6, 6.07) is 19.6. The standard InChI is InChI=1S/C25H22N4O4S/c1-2-7-22(31)26-18-13-11-17(12-14-18)20(30)16-33-25(32)23-27-24(21-10-6-15-34-21)29(28-23)19-8-4-3-5-9-19/h3-6,8-15H,2,7,16H2,1H3,(H,26,31). The smallest absolute Gasteiger partial charge is 0.378 e. The first-order valence-corrected chi connectivity index (χ1v) is 11.6. The number of nitrogens with zero attached hydrogens (tertiary/aromatic N) is 3.